The van der Waals surface area contributed by atoms with Gasteiger partial charge in [0, 0.05) is 23.4 Å². The fraction of sp³-hybridized carbons (Fsp3) is 0.500. The Labute approximate surface area is 104 Å². The smallest absolute Gasteiger partial charge is 0.0732 e. The number of rotatable bonds is 3. The van der Waals surface area contributed by atoms with E-state index in [9.17, 15) is 0 Å². The van der Waals surface area contributed by atoms with Crippen LogP contribution in [0.2, 0.25) is 0 Å². The van der Waals surface area contributed by atoms with Crippen molar-refractivity contribution in [2.45, 2.75) is 25.6 Å². The maximum atomic E-state index is 5.84. The highest BCUT2D eigenvalue weighted by atomic mass is 79.9. The van der Waals surface area contributed by atoms with Crippen LogP contribution >= 0.6 is 15.9 Å². The van der Waals surface area contributed by atoms with Crippen molar-refractivity contribution in [2.75, 3.05) is 18.9 Å². The molecule has 4 heteroatoms. The maximum absolute atomic E-state index is 5.84. The minimum Gasteiger partial charge on any atom is -0.398 e. The van der Waals surface area contributed by atoms with Crippen LogP contribution < -0.4 is 5.73 Å². The summed E-state index contributed by atoms with van der Waals surface area (Å²) >= 11 is 3.48. The number of nitrogen functional groups attached to an aromatic ring is 1. The third kappa shape index (κ3) is 2.97. The van der Waals surface area contributed by atoms with E-state index < -0.39 is 0 Å². The van der Waals surface area contributed by atoms with Crippen molar-refractivity contribution in [1.29, 1.82) is 0 Å². The Morgan fingerprint density at radius 1 is 1.38 bits per heavy atom. The molecule has 1 aliphatic rings. The normalized spacial score (nSPS) is 17.6. The number of ether oxygens (including phenoxy) is 2. The van der Waals surface area contributed by atoms with Crippen LogP contribution in [0.5, 0.6) is 0 Å². The Hall–Kier alpha value is -0.580. The predicted octanol–water partition coefficient (Wildman–Crippen LogP) is 2.73. The van der Waals surface area contributed by atoms with Gasteiger partial charge in [0.25, 0.3) is 0 Å². The zero-order chi connectivity index (χ0) is 11.4. The molecule has 0 aliphatic carbocycles. The Morgan fingerprint density at radius 3 is 2.88 bits per heavy atom. The van der Waals surface area contributed by atoms with Gasteiger partial charge < -0.3 is 15.2 Å². The van der Waals surface area contributed by atoms with E-state index in [0.717, 1.165) is 41.8 Å². The molecule has 1 fully saturated rings. The lowest BCUT2D eigenvalue weighted by molar-refractivity contribution is -0.0391. The van der Waals surface area contributed by atoms with Crippen LogP contribution in [0.3, 0.4) is 0 Å². The summed E-state index contributed by atoms with van der Waals surface area (Å²) in [4.78, 5) is 0. The van der Waals surface area contributed by atoms with E-state index in [-0.39, 0.29) is 0 Å². The van der Waals surface area contributed by atoms with Crippen LogP contribution in [0.1, 0.15) is 18.4 Å². The molecule has 0 saturated carbocycles. The lowest BCUT2D eigenvalue weighted by atomic mass is 10.1. The third-order valence-corrected chi connectivity index (χ3v) is 3.72. The highest BCUT2D eigenvalue weighted by Crippen LogP contribution is 2.25. The monoisotopic (exact) mass is 285 g/mol. The number of nitrogens with two attached hydrogens (primary N) is 1. The van der Waals surface area contributed by atoms with Gasteiger partial charge in [-0.05, 0) is 40.4 Å². The Bertz CT molecular complexity index is 351. The second-order valence-electron chi connectivity index (χ2n) is 3.94. The number of hydrogen-bond donors (Lipinski definition) is 1. The van der Waals surface area contributed by atoms with Crippen molar-refractivity contribution in [2.24, 2.45) is 0 Å². The van der Waals surface area contributed by atoms with Gasteiger partial charge in [-0.3, -0.25) is 0 Å². The van der Waals surface area contributed by atoms with Crippen LogP contribution in [0.15, 0.2) is 22.7 Å². The fourth-order valence-electron chi connectivity index (χ4n) is 1.76. The third-order valence-electron chi connectivity index (χ3n) is 2.75. The van der Waals surface area contributed by atoms with Gasteiger partial charge in [-0.1, -0.05) is 12.1 Å². The summed E-state index contributed by atoms with van der Waals surface area (Å²) in [6.45, 7) is 2.22. The van der Waals surface area contributed by atoms with Crippen molar-refractivity contribution in [3.63, 3.8) is 0 Å². The molecule has 0 aromatic heterocycles. The first-order valence-electron chi connectivity index (χ1n) is 5.49. The predicted molar refractivity (Wildman–Crippen MR) is 67.2 cm³/mol. The van der Waals surface area contributed by atoms with Gasteiger partial charge in [-0.15, -0.1) is 0 Å². The van der Waals surface area contributed by atoms with Gasteiger partial charge in [0.15, 0.2) is 0 Å². The highest BCUT2D eigenvalue weighted by molar-refractivity contribution is 9.10. The molecule has 0 spiro atoms. The van der Waals surface area contributed by atoms with E-state index in [1.54, 1.807) is 0 Å². The van der Waals surface area contributed by atoms with E-state index in [4.69, 9.17) is 15.2 Å². The van der Waals surface area contributed by atoms with Gasteiger partial charge in [0.1, 0.15) is 0 Å². The molecule has 1 aromatic rings. The second-order valence-corrected chi connectivity index (χ2v) is 4.74. The molecule has 1 saturated heterocycles. The van der Waals surface area contributed by atoms with E-state index in [0.29, 0.717) is 12.7 Å². The molecule has 0 radical (unpaired) electrons. The van der Waals surface area contributed by atoms with Crippen LogP contribution in [-0.2, 0) is 16.1 Å². The van der Waals surface area contributed by atoms with Crippen molar-refractivity contribution >= 4 is 21.6 Å². The summed E-state index contributed by atoms with van der Waals surface area (Å²) in [5, 5.41) is 0. The van der Waals surface area contributed by atoms with Gasteiger partial charge in [-0.2, -0.15) is 0 Å². The zero-order valence-corrected chi connectivity index (χ0v) is 10.7. The molecule has 3 nitrogen and oxygen atoms in total. The SMILES string of the molecule is Nc1cccc(COC2CCOCC2)c1Br. The summed E-state index contributed by atoms with van der Waals surface area (Å²) in [6, 6.07) is 5.85. The number of anilines is 1. The van der Waals surface area contributed by atoms with Crippen LogP contribution in [0.4, 0.5) is 5.69 Å². The summed E-state index contributed by atoms with van der Waals surface area (Å²) < 4.78 is 12.1. The fourth-order valence-corrected chi connectivity index (χ4v) is 2.14. The average molecular weight is 286 g/mol. The standard InChI is InChI=1S/C12H16BrNO2/c13-12-9(2-1-3-11(12)14)8-16-10-4-6-15-7-5-10/h1-3,10H,4-8,14H2. The van der Waals surface area contributed by atoms with Crippen LogP contribution in [0, 0.1) is 0 Å². The Balaban J connectivity index is 1.91. The Morgan fingerprint density at radius 2 is 2.12 bits per heavy atom. The first-order valence-corrected chi connectivity index (χ1v) is 6.29. The average Bonchev–Trinajstić information content (AvgIpc) is 2.32. The largest absolute Gasteiger partial charge is 0.398 e. The van der Waals surface area contributed by atoms with Gasteiger partial charge in [-0.25, -0.2) is 0 Å². The van der Waals surface area contributed by atoms with Crippen LogP contribution in [-0.4, -0.2) is 19.3 Å². The molecule has 0 bridgehead atoms. The lowest BCUT2D eigenvalue weighted by Gasteiger charge is -2.22. The zero-order valence-electron chi connectivity index (χ0n) is 9.12. The quantitative estimate of drug-likeness (QED) is 0.869. The van der Waals surface area contributed by atoms with Gasteiger partial charge >= 0.3 is 0 Å². The van der Waals surface area contributed by atoms with Crippen molar-refractivity contribution < 1.29 is 9.47 Å². The number of hydrogen-bond acceptors (Lipinski definition) is 3. The molecule has 88 valence electrons. The molecule has 2 N–H and O–H groups in total. The number of halogens is 1. The molecule has 0 atom stereocenters. The molecule has 16 heavy (non-hydrogen) atoms. The molecular formula is C12H16BrNO2. The minimum atomic E-state index is 0.321. The second kappa shape index (κ2) is 5.66. The molecular weight excluding hydrogens is 270 g/mol. The van der Waals surface area contributed by atoms with Crippen molar-refractivity contribution in [1.82, 2.24) is 0 Å². The Kier molecular flexibility index (Phi) is 4.21. The molecule has 1 heterocycles. The van der Waals surface area contributed by atoms with E-state index in [2.05, 4.69) is 15.9 Å². The van der Waals surface area contributed by atoms with Crippen LogP contribution in [0.25, 0.3) is 0 Å². The van der Waals surface area contributed by atoms with Crippen molar-refractivity contribution in [3.05, 3.63) is 28.2 Å². The van der Waals surface area contributed by atoms with Gasteiger partial charge in [0.05, 0.1) is 12.7 Å². The highest BCUT2D eigenvalue weighted by Gasteiger charge is 2.14. The summed E-state index contributed by atoms with van der Waals surface area (Å²) in [5.74, 6) is 0. The molecule has 1 aliphatic heterocycles. The minimum absolute atomic E-state index is 0.321. The lowest BCUT2D eigenvalue weighted by Crippen LogP contribution is -2.23. The van der Waals surface area contributed by atoms with E-state index >= 15 is 0 Å². The molecule has 1 aromatic carbocycles. The van der Waals surface area contributed by atoms with E-state index in [1.165, 1.54) is 0 Å². The number of benzene rings is 1. The molecule has 0 amide bonds. The maximum Gasteiger partial charge on any atom is 0.0732 e. The molecule has 2 rings (SSSR count). The van der Waals surface area contributed by atoms with Gasteiger partial charge in [0.2, 0.25) is 0 Å². The first kappa shape index (κ1) is 11.9. The topological polar surface area (TPSA) is 44.5 Å². The first-order chi connectivity index (χ1) is 7.77. The van der Waals surface area contributed by atoms with E-state index in [1.807, 2.05) is 18.2 Å². The summed E-state index contributed by atoms with van der Waals surface area (Å²) in [7, 11) is 0. The van der Waals surface area contributed by atoms with Crippen molar-refractivity contribution in [3.8, 4) is 0 Å². The summed E-state index contributed by atoms with van der Waals surface area (Å²) in [6.07, 6.45) is 2.29. The summed E-state index contributed by atoms with van der Waals surface area (Å²) in [5.41, 5.74) is 7.67. The molecule has 0 unspecified atom stereocenters.